The Morgan fingerprint density at radius 2 is 2.39 bits per heavy atom. The SMILES string of the molecule is CN(Cc1ccc(Cl)s1)C(=O)CSc1nncs1. The van der Waals surface area contributed by atoms with Gasteiger partial charge in [-0.25, -0.2) is 0 Å². The molecule has 0 aliphatic carbocycles. The summed E-state index contributed by atoms with van der Waals surface area (Å²) in [6.45, 7) is 0.590. The van der Waals surface area contributed by atoms with E-state index in [1.54, 1.807) is 17.5 Å². The predicted octanol–water partition coefficient (Wildman–Crippen LogP) is 3.00. The van der Waals surface area contributed by atoms with Crippen molar-refractivity contribution in [3.63, 3.8) is 0 Å². The van der Waals surface area contributed by atoms with Gasteiger partial charge in [0.15, 0.2) is 4.34 Å². The highest BCUT2D eigenvalue weighted by atomic mass is 35.5. The summed E-state index contributed by atoms with van der Waals surface area (Å²) < 4.78 is 1.56. The highest BCUT2D eigenvalue weighted by Gasteiger charge is 2.12. The van der Waals surface area contributed by atoms with E-state index in [0.717, 1.165) is 13.6 Å². The molecule has 0 aromatic carbocycles. The summed E-state index contributed by atoms with van der Waals surface area (Å²) in [6.07, 6.45) is 0. The monoisotopic (exact) mass is 319 g/mol. The van der Waals surface area contributed by atoms with Crippen LogP contribution < -0.4 is 0 Å². The lowest BCUT2D eigenvalue weighted by Crippen LogP contribution is -2.27. The average molecular weight is 320 g/mol. The summed E-state index contributed by atoms with van der Waals surface area (Å²) in [6, 6.07) is 3.78. The highest BCUT2D eigenvalue weighted by Crippen LogP contribution is 2.23. The molecule has 0 aliphatic rings. The first-order valence-electron chi connectivity index (χ1n) is 5.02. The van der Waals surface area contributed by atoms with Crippen molar-refractivity contribution < 1.29 is 4.79 Å². The molecule has 18 heavy (non-hydrogen) atoms. The van der Waals surface area contributed by atoms with Crippen molar-refractivity contribution in [2.24, 2.45) is 0 Å². The number of hydrogen-bond donors (Lipinski definition) is 0. The first-order valence-corrected chi connectivity index (χ1v) is 8.08. The maximum absolute atomic E-state index is 11.9. The van der Waals surface area contributed by atoms with Crippen molar-refractivity contribution in [1.29, 1.82) is 0 Å². The summed E-state index contributed by atoms with van der Waals surface area (Å²) in [5.41, 5.74) is 1.66. The van der Waals surface area contributed by atoms with Gasteiger partial charge in [0, 0.05) is 11.9 Å². The number of carbonyl (C=O) groups excluding carboxylic acids is 1. The van der Waals surface area contributed by atoms with Crippen LogP contribution in [0.25, 0.3) is 0 Å². The molecular formula is C10H10ClN3OS3. The Hall–Kier alpha value is -0.630. The number of aromatic nitrogens is 2. The van der Waals surface area contributed by atoms with E-state index in [1.807, 2.05) is 12.1 Å². The minimum atomic E-state index is 0.0692. The van der Waals surface area contributed by atoms with Crippen LogP contribution in [0, 0.1) is 0 Å². The van der Waals surface area contributed by atoms with Crippen molar-refractivity contribution in [1.82, 2.24) is 15.1 Å². The lowest BCUT2D eigenvalue weighted by molar-refractivity contribution is -0.127. The minimum Gasteiger partial charge on any atom is -0.340 e. The van der Waals surface area contributed by atoms with Crippen molar-refractivity contribution in [3.05, 3.63) is 26.9 Å². The zero-order valence-corrected chi connectivity index (χ0v) is 12.7. The van der Waals surface area contributed by atoms with Crippen LogP contribution in [-0.4, -0.2) is 33.8 Å². The quantitative estimate of drug-likeness (QED) is 0.795. The molecule has 2 rings (SSSR count). The summed E-state index contributed by atoms with van der Waals surface area (Å²) in [5, 5.41) is 7.61. The molecule has 2 aromatic rings. The number of rotatable bonds is 5. The molecule has 8 heteroatoms. The molecule has 0 saturated carbocycles. The molecule has 0 fully saturated rings. The first-order chi connectivity index (χ1) is 8.65. The Morgan fingerprint density at radius 3 is 3.00 bits per heavy atom. The van der Waals surface area contributed by atoms with E-state index in [0.29, 0.717) is 12.3 Å². The van der Waals surface area contributed by atoms with Gasteiger partial charge in [-0.2, -0.15) is 0 Å². The fraction of sp³-hybridized carbons (Fsp3) is 0.300. The van der Waals surface area contributed by atoms with E-state index in [4.69, 9.17) is 11.6 Å². The normalized spacial score (nSPS) is 10.6. The van der Waals surface area contributed by atoms with Crippen LogP contribution in [0.15, 0.2) is 22.0 Å². The fourth-order valence-corrected chi connectivity index (χ4v) is 3.79. The Bertz CT molecular complexity index is 514. The fourth-order valence-electron chi connectivity index (χ4n) is 1.22. The van der Waals surface area contributed by atoms with Crippen molar-refractivity contribution in [2.75, 3.05) is 12.8 Å². The third-order valence-corrected chi connectivity index (χ3v) is 5.17. The molecule has 0 saturated heterocycles. The molecule has 0 atom stereocenters. The van der Waals surface area contributed by atoms with Gasteiger partial charge in [0.25, 0.3) is 0 Å². The molecule has 2 aromatic heterocycles. The molecule has 96 valence electrons. The van der Waals surface area contributed by atoms with Gasteiger partial charge in [0.2, 0.25) is 5.91 Å². The molecule has 0 bridgehead atoms. The van der Waals surface area contributed by atoms with Gasteiger partial charge < -0.3 is 4.90 Å². The number of amides is 1. The number of thiophene rings is 1. The van der Waals surface area contributed by atoms with Crippen LogP contribution in [0.4, 0.5) is 0 Å². The van der Waals surface area contributed by atoms with E-state index in [9.17, 15) is 4.79 Å². The summed E-state index contributed by atoms with van der Waals surface area (Å²) in [7, 11) is 1.79. The number of hydrogen-bond acceptors (Lipinski definition) is 6. The smallest absolute Gasteiger partial charge is 0.233 e. The van der Waals surface area contributed by atoms with Gasteiger partial charge in [-0.3, -0.25) is 4.79 Å². The lowest BCUT2D eigenvalue weighted by Gasteiger charge is -2.15. The van der Waals surface area contributed by atoms with Crippen LogP contribution in [0.1, 0.15) is 4.88 Å². The standard InChI is InChI=1S/C10H10ClN3OS3/c1-14(4-7-2-3-8(11)18-7)9(15)5-16-10-13-12-6-17-10/h2-3,6H,4-5H2,1H3. The third kappa shape index (κ3) is 3.94. The third-order valence-electron chi connectivity index (χ3n) is 2.11. The second-order valence-electron chi connectivity index (χ2n) is 3.45. The van der Waals surface area contributed by atoms with Crippen LogP contribution >= 0.6 is 46.0 Å². The highest BCUT2D eigenvalue weighted by molar-refractivity contribution is 8.01. The molecular weight excluding hydrogens is 310 g/mol. The summed E-state index contributed by atoms with van der Waals surface area (Å²) >= 11 is 10.2. The number of nitrogens with zero attached hydrogens (tertiary/aromatic N) is 3. The lowest BCUT2D eigenvalue weighted by atomic mass is 10.4. The molecule has 0 radical (unpaired) electrons. The van der Waals surface area contributed by atoms with Crippen LogP contribution in [0.2, 0.25) is 4.34 Å². The van der Waals surface area contributed by atoms with Crippen molar-refractivity contribution >= 4 is 51.9 Å². The molecule has 2 heterocycles. The van der Waals surface area contributed by atoms with Crippen LogP contribution in [-0.2, 0) is 11.3 Å². The molecule has 0 unspecified atom stereocenters. The van der Waals surface area contributed by atoms with Gasteiger partial charge in [0.1, 0.15) is 5.51 Å². The van der Waals surface area contributed by atoms with Crippen LogP contribution in [0.5, 0.6) is 0 Å². The largest absolute Gasteiger partial charge is 0.340 e. The van der Waals surface area contributed by atoms with E-state index in [2.05, 4.69) is 10.2 Å². The van der Waals surface area contributed by atoms with E-state index in [1.165, 1.54) is 34.4 Å². The van der Waals surface area contributed by atoms with Crippen molar-refractivity contribution in [2.45, 2.75) is 10.9 Å². The van der Waals surface area contributed by atoms with E-state index < -0.39 is 0 Å². The second kappa shape index (κ2) is 6.51. The number of thioether (sulfide) groups is 1. The zero-order chi connectivity index (χ0) is 13.0. The molecule has 1 amide bonds. The second-order valence-corrected chi connectivity index (χ2v) is 7.30. The number of halogens is 1. The van der Waals surface area contributed by atoms with Gasteiger partial charge in [-0.05, 0) is 12.1 Å². The Labute approximate surface area is 122 Å². The predicted molar refractivity (Wildman–Crippen MR) is 76.4 cm³/mol. The Kier molecular flexibility index (Phi) is 4.99. The molecule has 0 aliphatic heterocycles. The first kappa shape index (κ1) is 13.8. The Morgan fingerprint density at radius 1 is 1.56 bits per heavy atom. The van der Waals surface area contributed by atoms with Gasteiger partial charge in [0.05, 0.1) is 16.6 Å². The minimum absolute atomic E-state index is 0.0692. The van der Waals surface area contributed by atoms with E-state index >= 15 is 0 Å². The summed E-state index contributed by atoms with van der Waals surface area (Å²) in [5.74, 6) is 0.449. The maximum atomic E-state index is 11.9. The summed E-state index contributed by atoms with van der Waals surface area (Å²) in [4.78, 5) is 14.7. The zero-order valence-electron chi connectivity index (χ0n) is 9.50. The average Bonchev–Trinajstić information content (AvgIpc) is 2.97. The van der Waals surface area contributed by atoms with Gasteiger partial charge >= 0.3 is 0 Å². The van der Waals surface area contributed by atoms with E-state index in [-0.39, 0.29) is 5.91 Å². The van der Waals surface area contributed by atoms with Crippen molar-refractivity contribution in [3.8, 4) is 0 Å². The Balaban J connectivity index is 1.81. The van der Waals surface area contributed by atoms with Gasteiger partial charge in [-0.1, -0.05) is 34.7 Å². The molecule has 0 spiro atoms. The van der Waals surface area contributed by atoms with Gasteiger partial charge in [-0.15, -0.1) is 21.5 Å². The van der Waals surface area contributed by atoms with Crippen LogP contribution in [0.3, 0.4) is 0 Å². The number of carbonyl (C=O) groups is 1. The molecule has 0 N–H and O–H groups in total. The topological polar surface area (TPSA) is 46.1 Å². The maximum Gasteiger partial charge on any atom is 0.233 e. The molecule has 4 nitrogen and oxygen atoms in total.